The van der Waals surface area contributed by atoms with Crippen LogP contribution in [0.15, 0.2) is 0 Å². The summed E-state index contributed by atoms with van der Waals surface area (Å²) in [6, 6.07) is 1.06. The van der Waals surface area contributed by atoms with Crippen molar-refractivity contribution in [1.82, 2.24) is 4.90 Å². The molecular formula is C15H27NO2. The molecule has 0 amide bonds. The minimum Gasteiger partial charge on any atom is -0.481 e. The summed E-state index contributed by atoms with van der Waals surface area (Å²) < 4.78 is 0. The van der Waals surface area contributed by atoms with E-state index >= 15 is 0 Å². The maximum atomic E-state index is 11.1. The number of carbonyl (C=O) groups is 1. The van der Waals surface area contributed by atoms with Gasteiger partial charge in [-0.2, -0.15) is 0 Å². The Hall–Kier alpha value is -0.570. The van der Waals surface area contributed by atoms with Crippen LogP contribution in [0.2, 0.25) is 0 Å². The van der Waals surface area contributed by atoms with E-state index in [0.717, 1.165) is 25.3 Å². The lowest BCUT2D eigenvalue weighted by Crippen LogP contribution is -2.49. The number of aliphatic carboxylic acids is 1. The third-order valence-corrected chi connectivity index (χ3v) is 5.13. The molecule has 0 aromatic rings. The van der Waals surface area contributed by atoms with Gasteiger partial charge in [-0.3, -0.25) is 9.69 Å². The van der Waals surface area contributed by atoms with Crippen molar-refractivity contribution >= 4 is 5.97 Å². The van der Waals surface area contributed by atoms with Crippen molar-refractivity contribution in [2.45, 2.75) is 70.9 Å². The molecule has 1 N–H and O–H groups in total. The largest absolute Gasteiger partial charge is 0.481 e. The first-order valence-corrected chi connectivity index (χ1v) is 7.58. The molecule has 2 rings (SSSR count). The SMILES string of the molecule is CC1CC(C(=O)O)CCN1C(C)C1CCCCC1. The molecule has 1 saturated carbocycles. The number of hydrogen-bond acceptors (Lipinski definition) is 2. The van der Waals surface area contributed by atoms with Gasteiger partial charge in [-0.1, -0.05) is 19.3 Å². The fraction of sp³-hybridized carbons (Fsp3) is 0.933. The predicted octanol–water partition coefficient (Wildman–Crippen LogP) is 3.14. The lowest BCUT2D eigenvalue weighted by Gasteiger charge is -2.44. The first kappa shape index (κ1) is 13.9. The van der Waals surface area contributed by atoms with Gasteiger partial charge in [0.2, 0.25) is 0 Å². The Labute approximate surface area is 111 Å². The summed E-state index contributed by atoms with van der Waals surface area (Å²) in [4.78, 5) is 13.6. The number of carboxylic acids is 1. The van der Waals surface area contributed by atoms with E-state index < -0.39 is 5.97 Å². The Balaban J connectivity index is 1.90. The van der Waals surface area contributed by atoms with Crippen molar-refractivity contribution in [3.8, 4) is 0 Å². The van der Waals surface area contributed by atoms with Gasteiger partial charge in [0, 0.05) is 12.1 Å². The van der Waals surface area contributed by atoms with Crippen LogP contribution in [0.5, 0.6) is 0 Å². The summed E-state index contributed by atoms with van der Waals surface area (Å²) in [5, 5.41) is 9.11. The number of carboxylic acid groups (broad SMARTS) is 1. The molecule has 0 radical (unpaired) electrons. The van der Waals surface area contributed by atoms with Crippen molar-refractivity contribution in [3.05, 3.63) is 0 Å². The Morgan fingerprint density at radius 1 is 1.22 bits per heavy atom. The van der Waals surface area contributed by atoms with Crippen molar-refractivity contribution in [2.75, 3.05) is 6.54 Å². The van der Waals surface area contributed by atoms with Crippen LogP contribution >= 0.6 is 0 Å². The molecule has 3 heteroatoms. The van der Waals surface area contributed by atoms with Crippen molar-refractivity contribution in [1.29, 1.82) is 0 Å². The highest BCUT2D eigenvalue weighted by Crippen LogP contribution is 2.33. The summed E-state index contributed by atoms with van der Waals surface area (Å²) in [6.45, 7) is 5.53. The van der Waals surface area contributed by atoms with Gasteiger partial charge >= 0.3 is 5.97 Å². The zero-order chi connectivity index (χ0) is 13.1. The monoisotopic (exact) mass is 253 g/mol. The van der Waals surface area contributed by atoms with Gasteiger partial charge in [-0.25, -0.2) is 0 Å². The van der Waals surface area contributed by atoms with Crippen molar-refractivity contribution in [3.63, 3.8) is 0 Å². The smallest absolute Gasteiger partial charge is 0.306 e. The molecule has 2 fully saturated rings. The zero-order valence-corrected chi connectivity index (χ0v) is 11.8. The molecule has 0 spiro atoms. The highest BCUT2D eigenvalue weighted by Gasteiger charge is 2.34. The molecule has 3 unspecified atom stereocenters. The van der Waals surface area contributed by atoms with Gasteiger partial charge in [0.25, 0.3) is 0 Å². The number of nitrogens with zero attached hydrogens (tertiary/aromatic N) is 1. The maximum absolute atomic E-state index is 11.1. The van der Waals surface area contributed by atoms with Crippen LogP contribution < -0.4 is 0 Å². The number of hydrogen-bond donors (Lipinski definition) is 1. The highest BCUT2D eigenvalue weighted by molar-refractivity contribution is 5.70. The average molecular weight is 253 g/mol. The predicted molar refractivity (Wildman–Crippen MR) is 72.6 cm³/mol. The molecule has 0 bridgehead atoms. The van der Waals surface area contributed by atoms with Crippen molar-refractivity contribution in [2.24, 2.45) is 11.8 Å². The minimum atomic E-state index is -0.605. The van der Waals surface area contributed by atoms with Crippen LogP contribution in [-0.4, -0.2) is 34.6 Å². The Morgan fingerprint density at radius 2 is 1.89 bits per heavy atom. The molecule has 0 aromatic heterocycles. The van der Waals surface area contributed by atoms with Gasteiger partial charge < -0.3 is 5.11 Å². The molecule has 104 valence electrons. The number of likely N-dealkylation sites (tertiary alicyclic amines) is 1. The van der Waals surface area contributed by atoms with Gasteiger partial charge in [0.15, 0.2) is 0 Å². The Kier molecular flexibility index (Phi) is 4.66. The van der Waals surface area contributed by atoms with E-state index in [1.54, 1.807) is 0 Å². The fourth-order valence-corrected chi connectivity index (χ4v) is 3.91. The second kappa shape index (κ2) is 6.05. The van der Waals surface area contributed by atoms with Crippen LogP contribution in [0, 0.1) is 11.8 Å². The first-order valence-electron chi connectivity index (χ1n) is 7.58. The quantitative estimate of drug-likeness (QED) is 0.840. The molecule has 1 heterocycles. The third-order valence-electron chi connectivity index (χ3n) is 5.13. The average Bonchev–Trinajstić information content (AvgIpc) is 2.38. The van der Waals surface area contributed by atoms with E-state index in [1.807, 2.05) is 0 Å². The lowest BCUT2D eigenvalue weighted by molar-refractivity contribution is -0.144. The lowest BCUT2D eigenvalue weighted by atomic mass is 9.81. The van der Waals surface area contributed by atoms with Gasteiger partial charge in [0.05, 0.1) is 5.92 Å². The zero-order valence-electron chi connectivity index (χ0n) is 11.8. The minimum absolute atomic E-state index is 0.116. The van der Waals surface area contributed by atoms with Crippen LogP contribution in [0.1, 0.15) is 58.8 Å². The summed E-state index contributed by atoms with van der Waals surface area (Å²) in [7, 11) is 0. The van der Waals surface area contributed by atoms with Crippen LogP contribution in [-0.2, 0) is 4.79 Å². The van der Waals surface area contributed by atoms with Gasteiger partial charge in [0.1, 0.15) is 0 Å². The second-order valence-electron chi connectivity index (χ2n) is 6.29. The van der Waals surface area contributed by atoms with Crippen molar-refractivity contribution < 1.29 is 9.90 Å². The summed E-state index contributed by atoms with van der Waals surface area (Å²) in [6.07, 6.45) is 8.56. The normalized spacial score (nSPS) is 33.2. The molecule has 2 aliphatic rings. The molecule has 3 nitrogen and oxygen atoms in total. The number of piperidine rings is 1. The van der Waals surface area contributed by atoms with E-state index in [1.165, 1.54) is 32.1 Å². The molecule has 0 aromatic carbocycles. The summed E-state index contributed by atoms with van der Waals surface area (Å²) >= 11 is 0. The van der Waals surface area contributed by atoms with Crippen LogP contribution in [0.3, 0.4) is 0 Å². The van der Waals surface area contributed by atoms with Gasteiger partial charge in [-0.05, 0) is 52.0 Å². The fourth-order valence-electron chi connectivity index (χ4n) is 3.91. The summed E-state index contributed by atoms with van der Waals surface area (Å²) in [5.41, 5.74) is 0. The molecule has 1 aliphatic heterocycles. The third kappa shape index (κ3) is 3.05. The molecular weight excluding hydrogens is 226 g/mol. The Morgan fingerprint density at radius 3 is 2.44 bits per heavy atom. The molecule has 1 aliphatic carbocycles. The topological polar surface area (TPSA) is 40.5 Å². The molecule has 3 atom stereocenters. The Bertz CT molecular complexity index is 286. The number of rotatable bonds is 3. The van der Waals surface area contributed by atoms with E-state index in [0.29, 0.717) is 12.1 Å². The molecule has 18 heavy (non-hydrogen) atoms. The van der Waals surface area contributed by atoms with E-state index in [2.05, 4.69) is 18.7 Å². The molecule has 1 saturated heterocycles. The standard InChI is InChI=1S/C15H27NO2/c1-11-10-14(15(17)18)8-9-16(11)12(2)13-6-4-3-5-7-13/h11-14H,3-10H2,1-2H3,(H,17,18). The van der Waals surface area contributed by atoms with Crippen LogP contribution in [0.25, 0.3) is 0 Å². The van der Waals surface area contributed by atoms with E-state index in [-0.39, 0.29) is 5.92 Å². The van der Waals surface area contributed by atoms with Crippen LogP contribution in [0.4, 0.5) is 0 Å². The van der Waals surface area contributed by atoms with Gasteiger partial charge in [-0.15, -0.1) is 0 Å². The summed E-state index contributed by atoms with van der Waals surface area (Å²) in [5.74, 6) is 0.115. The maximum Gasteiger partial charge on any atom is 0.306 e. The van der Waals surface area contributed by atoms with E-state index in [9.17, 15) is 4.79 Å². The first-order chi connectivity index (χ1) is 8.59. The van der Waals surface area contributed by atoms with E-state index in [4.69, 9.17) is 5.11 Å². The highest BCUT2D eigenvalue weighted by atomic mass is 16.4. The second-order valence-corrected chi connectivity index (χ2v) is 6.29.